The van der Waals surface area contributed by atoms with Crippen molar-refractivity contribution in [3.63, 3.8) is 0 Å². The number of nitrogen functional groups attached to an aromatic ring is 1. The molecule has 0 saturated carbocycles. The van der Waals surface area contributed by atoms with E-state index in [1.165, 1.54) is 7.05 Å². The number of amides is 1. The molecular formula is C25H26F5N7O2. The second-order valence-electron chi connectivity index (χ2n) is 9.54. The summed E-state index contributed by atoms with van der Waals surface area (Å²) in [5.74, 6) is -3.70. The number of likely N-dealkylation sites (N-methyl/N-ethyl adjacent to an activating group) is 1. The summed E-state index contributed by atoms with van der Waals surface area (Å²) in [4.78, 5) is 36.3. The standard InChI is InChI=1S/C25H26F5N7O2/c1-12-9-37(10-13(2)36(12)4)18-6-17(26)20(14-7-32-24(31)33-8-14)21(27)22(18)34-23(39)15-11-35(3)19(38)5-16(15)25(28,29)30/h5-8,11-13H,9-10H2,1-4H3,(H,34,39)(H2,31,32,33)/t12-,13+. The van der Waals surface area contributed by atoms with Crippen molar-refractivity contribution in [2.45, 2.75) is 32.1 Å². The predicted molar refractivity (Wildman–Crippen MR) is 135 cm³/mol. The molecule has 3 N–H and O–H groups in total. The molecule has 3 aromatic rings. The van der Waals surface area contributed by atoms with Gasteiger partial charge in [-0.2, -0.15) is 13.2 Å². The lowest BCUT2D eigenvalue weighted by molar-refractivity contribution is -0.138. The maximum atomic E-state index is 16.1. The maximum Gasteiger partial charge on any atom is 0.417 e. The molecule has 208 valence electrons. The fourth-order valence-corrected chi connectivity index (χ4v) is 4.53. The van der Waals surface area contributed by atoms with Gasteiger partial charge >= 0.3 is 6.18 Å². The molecule has 3 heterocycles. The summed E-state index contributed by atoms with van der Waals surface area (Å²) in [6.07, 6.45) is -2.15. The Morgan fingerprint density at radius 2 is 1.67 bits per heavy atom. The Kier molecular flexibility index (Phi) is 7.34. The first kappa shape index (κ1) is 28.0. The predicted octanol–water partition coefficient (Wildman–Crippen LogP) is 3.50. The van der Waals surface area contributed by atoms with Crippen LogP contribution in [0.5, 0.6) is 0 Å². The third-order valence-electron chi connectivity index (χ3n) is 6.88. The molecule has 1 saturated heterocycles. The van der Waals surface area contributed by atoms with Gasteiger partial charge < -0.3 is 20.5 Å². The molecule has 39 heavy (non-hydrogen) atoms. The Bertz CT molecular complexity index is 1460. The van der Waals surface area contributed by atoms with E-state index in [0.29, 0.717) is 13.1 Å². The third kappa shape index (κ3) is 5.41. The first-order valence-electron chi connectivity index (χ1n) is 11.8. The zero-order valence-corrected chi connectivity index (χ0v) is 21.5. The van der Waals surface area contributed by atoms with E-state index in [4.69, 9.17) is 5.73 Å². The number of aryl methyl sites for hydroxylation is 1. The molecule has 0 radical (unpaired) electrons. The van der Waals surface area contributed by atoms with Crippen molar-refractivity contribution in [1.29, 1.82) is 0 Å². The first-order valence-corrected chi connectivity index (χ1v) is 11.8. The normalized spacial score (nSPS) is 18.3. The highest BCUT2D eigenvalue weighted by molar-refractivity contribution is 6.07. The number of aromatic nitrogens is 3. The highest BCUT2D eigenvalue weighted by Crippen LogP contribution is 2.40. The smallest absolute Gasteiger partial charge is 0.368 e. The van der Waals surface area contributed by atoms with Crippen LogP contribution >= 0.6 is 0 Å². The van der Waals surface area contributed by atoms with Crippen LogP contribution < -0.4 is 21.5 Å². The second kappa shape index (κ2) is 10.2. The maximum absolute atomic E-state index is 16.1. The molecule has 4 rings (SSSR count). The van der Waals surface area contributed by atoms with Gasteiger partial charge in [0.15, 0.2) is 5.82 Å². The lowest BCUT2D eigenvalue weighted by Crippen LogP contribution is -2.55. The van der Waals surface area contributed by atoms with Gasteiger partial charge in [-0.25, -0.2) is 18.7 Å². The minimum atomic E-state index is -5.04. The zero-order chi connectivity index (χ0) is 28.8. The highest BCUT2D eigenvalue weighted by Gasteiger charge is 2.37. The second-order valence-corrected chi connectivity index (χ2v) is 9.54. The van der Waals surface area contributed by atoms with E-state index in [2.05, 4.69) is 20.2 Å². The van der Waals surface area contributed by atoms with E-state index < -0.39 is 51.7 Å². The molecular weight excluding hydrogens is 525 g/mol. The van der Waals surface area contributed by atoms with E-state index in [1.807, 2.05) is 20.9 Å². The number of nitrogens with one attached hydrogen (secondary N) is 1. The number of piperazine rings is 1. The number of hydrogen-bond donors (Lipinski definition) is 2. The van der Waals surface area contributed by atoms with Gasteiger partial charge in [0.2, 0.25) is 5.95 Å². The SMILES string of the molecule is C[C@@H]1CN(c2cc(F)c(-c3cnc(N)nc3)c(F)c2NC(=O)c2cn(C)c(=O)cc2C(F)(F)F)C[C@H](C)N1C. The van der Waals surface area contributed by atoms with Crippen LogP contribution in [-0.2, 0) is 13.2 Å². The van der Waals surface area contributed by atoms with Crippen LogP contribution in [-0.4, -0.2) is 57.6 Å². The molecule has 0 aliphatic carbocycles. The molecule has 1 aliphatic rings. The molecule has 14 heteroatoms. The third-order valence-corrected chi connectivity index (χ3v) is 6.88. The number of nitrogens with zero attached hydrogens (tertiary/aromatic N) is 5. The fourth-order valence-electron chi connectivity index (χ4n) is 4.53. The summed E-state index contributed by atoms with van der Waals surface area (Å²) < 4.78 is 73.5. The van der Waals surface area contributed by atoms with E-state index in [1.54, 1.807) is 4.90 Å². The monoisotopic (exact) mass is 551 g/mol. The summed E-state index contributed by atoms with van der Waals surface area (Å²) in [5, 5.41) is 2.22. The Balaban J connectivity index is 1.89. The van der Waals surface area contributed by atoms with Gasteiger partial charge in [-0.3, -0.25) is 14.5 Å². The Hall–Kier alpha value is -4.07. The molecule has 0 spiro atoms. The van der Waals surface area contributed by atoms with E-state index in [9.17, 15) is 22.8 Å². The van der Waals surface area contributed by atoms with E-state index in [-0.39, 0.29) is 35.3 Å². The van der Waals surface area contributed by atoms with Gasteiger partial charge in [-0.05, 0) is 20.9 Å². The zero-order valence-electron chi connectivity index (χ0n) is 21.5. The highest BCUT2D eigenvalue weighted by atomic mass is 19.4. The molecule has 1 fully saturated rings. The van der Waals surface area contributed by atoms with Gasteiger partial charge in [-0.15, -0.1) is 0 Å². The van der Waals surface area contributed by atoms with Crippen LogP contribution in [0.1, 0.15) is 29.8 Å². The number of rotatable bonds is 4. The average Bonchev–Trinajstić information content (AvgIpc) is 2.85. The Morgan fingerprint density at radius 1 is 1.08 bits per heavy atom. The van der Waals surface area contributed by atoms with Crippen molar-refractivity contribution in [2.75, 3.05) is 36.1 Å². The molecule has 1 aromatic carbocycles. The Labute approximate surface area is 220 Å². The van der Waals surface area contributed by atoms with Crippen LogP contribution in [0.25, 0.3) is 11.1 Å². The summed E-state index contributed by atoms with van der Waals surface area (Å²) in [6, 6.07) is 1.21. The number of pyridine rings is 1. The topological polar surface area (TPSA) is 109 Å². The fraction of sp³-hybridized carbons (Fsp3) is 0.360. The molecule has 2 aromatic heterocycles. The summed E-state index contributed by atoms with van der Waals surface area (Å²) in [7, 11) is 3.08. The van der Waals surface area contributed by atoms with Crippen LogP contribution in [0.15, 0.2) is 35.5 Å². The van der Waals surface area contributed by atoms with Crippen molar-refractivity contribution in [2.24, 2.45) is 7.05 Å². The van der Waals surface area contributed by atoms with Crippen LogP contribution in [0.4, 0.5) is 39.3 Å². The number of benzene rings is 1. The minimum absolute atomic E-state index is 0.0471. The largest absolute Gasteiger partial charge is 0.417 e. The van der Waals surface area contributed by atoms with Crippen molar-refractivity contribution < 1.29 is 26.7 Å². The van der Waals surface area contributed by atoms with E-state index in [0.717, 1.165) is 29.2 Å². The molecule has 1 amide bonds. The molecule has 2 atom stereocenters. The van der Waals surface area contributed by atoms with Crippen molar-refractivity contribution in [3.05, 3.63) is 63.8 Å². The van der Waals surface area contributed by atoms with Gasteiger partial charge in [0.25, 0.3) is 11.5 Å². The molecule has 1 aliphatic heterocycles. The minimum Gasteiger partial charge on any atom is -0.368 e. The van der Waals surface area contributed by atoms with Crippen LogP contribution in [0.2, 0.25) is 0 Å². The number of hydrogen-bond acceptors (Lipinski definition) is 7. The molecule has 9 nitrogen and oxygen atoms in total. The van der Waals surface area contributed by atoms with Gasteiger partial charge in [0.05, 0.1) is 22.4 Å². The summed E-state index contributed by atoms with van der Waals surface area (Å²) in [6.45, 7) is 4.46. The average molecular weight is 552 g/mol. The molecule has 0 unspecified atom stereocenters. The number of nitrogens with two attached hydrogens (primary N) is 1. The van der Waals surface area contributed by atoms with Crippen LogP contribution in [0, 0.1) is 11.6 Å². The van der Waals surface area contributed by atoms with Gasteiger partial charge in [0.1, 0.15) is 11.5 Å². The molecule has 0 bridgehead atoms. The number of carbonyl (C=O) groups is 1. The first-order chi connectivity index (χ1) is 18.2. The van der Waals surface area contributed by atoms with Gasteiger partial charge in [0, 0.05) is 68.5 Å². The lowest BCUT2D eigenvalue weighted by Gasteiger charge is -2.44. The van der Waals surface area contributed by atoms with Gasteiger partial charge in [-0.1, -0.05) is 0 Å². The van der Waals surface area contributed by atoms with E-state index >= 15 is 8.78 Å². The number of halogens is 5. The number of alkyl halides is 3. The summed E-state index contributed by atoms with van der Waals surface area (Å²) >= 11 is 0. The van der Waals surface area contributed by atoms with Crippen molar-refractivity contribution >= 4 is 23.2 Å². The number of anilines is 3. The summed E-state index contributed by atoms with van der Waals surface area (Å²) in [5.41, 5.74) is 0.825. The lowest BCUT2D eigenvalue weighted by atomic mass is 10.0. The van der Waals surface area contributed by atoms with Crippen molar-refractivity contribution in [3.8, 4) is 11.1 Å². The quantitative estimate of drug-likeness (QED) is 0.478. The van der Waals surface area contributed by atoms with Crippen molar-refractivity contribution in [1.82, 2.24) is 19.4 Å². The Morgan fingerprint density at radius 3 is 2.23 bits per heavy atom. The number of carbonyl (C=O) groups excluding carboxylic acids is 1. The van der Waals surface area contributed by atoms with Crippen LogP contribution in [0.3, 0.4) is 0 Å².